The largest absolute Gasteiger partial charge is 0.483 e. The summed E-state index contributed by atoms with van der Waals surface area (Å²) >= 11 is 0. The Morgan fingerprint density at radius 2 is 2.19 bits per heavy atom. The van der Waals surface area contributed by atoms with Crippen LogP contribution in [0.25, 0.3) is 11.3 Å². The molecule has 3 heterocycles. The van der Waals surface area contributed by atoms with E-state index in [1.54, 1.807) is 10.9 Å². The fourth-order valence-electron chi connectivity index (χ4n) is 3.10. The molecule has 1 aromatic carbocycles. The molecule has 6 heteroatoms. The highest BCUT2D eigenvalue weighted by Gasteiger charge is 2.30. The minimum Gasteiger partial charge on any atom is -0.483 e. The number of aromatic nitrogens is 3. The summed E-state index contributed by atoms with van der Waals surface area (Å²) in [6, 6.07) is 14.5. The molecule has 1 aliphatic heterocycles. The molecule has 26 heavy (non-hydrogen) atoms. The molecule has 0 amide bonds. The summed E-state index contributed by atoms with van der Waals surface area (Å²) in [5.74, 6) is 0.770. The molecule has 3 aromatic rings. The molecule has 134 valence electrons. The van der Waals surface area contributed by atoms with Crippen molar-refractivity contribution in [2.75, 3.05) is 13.2 Å². The summed E-state index contributed by atoms with van der Waals surface area (Å²) < 4.78 is 13.3. The highest BCUT2D eigenvalue weighted by molar-refractivity contribution is 5.59. The zero-order chi connectivity index (χ0) is 17.8. The lowest BCUT2D eigenvalue weighted by Crippen LogP contribution is -2.41. The van der Waals surface area contributed by atoms with Crippen molar-refractivity contribution in [3.05, 3.63) is 66.6 Å². The molecule has 0 unspecified atom stereocenters. The van der Waals surface area contributed by atoms with Crippen LogP contribution in [0.2, 0.25) is 0 Å². The van der Waals surface area contributed by atoms with Gasteiger partial charge in [-0.05, 0) is 23.8 Å². The quantitative estimate of drug-likeness (QED) is 0.740. The predicted octanol–water partition coefficient (Wildman–Crippen LogP) is 2.42. The van der Waals surface area contributed by atoms with E-state index in [1.807, 2.05) is 37.6 Å². The van der Waals surface area contributed by atoms with Crippen LogP contribution in [0.15, 0.2) is 61.1 Å². The number of ether oxygens (including phenoxy) is 2. The highest BCUT2D eigenvalue weighted by Crippen LogP contribution is 2.19. The second kappa shape index (κ2) is 7.68. The highest BCUT2D eigenvalue weighted by atomic mass is 16.5. The summed E-state index contributed by atoms with van der Waals surface area (Å²) in [6.45, 7) is 1.98. The van der Waals surface area contributed by atoms with Gasteiger partial charge in [-0.2, -0.15) is 5.10 Å². The fourth-order valence-corrected chi connectivity index (χ4v) is 3.10. The van der Waals surface area contributed by atoms with Crippen molar-refractivity contribution in [1.82, 2.24) is 20.1 Å². The Morgan fingerprint density at radius 1 is 1.23 bits per heavy atom. The van der Waals surface area contributed by atoms with Crippen molar-refractivity contribution >= 4 is 0 Å². The first-order chi connectivity index (χ1) is 12.8. The van der Waals surface area contributed by atoms with Gasteiger partial charge in [0.15, 0.2) is 5.75 Å². The van der Waals surface area contributed by atoms with Gasteiger partial charge >= 0.3 is 0 Å². The van der Waals surface area contributed by atoms with Gasteiger partial charge in [0.2, 0.25) is 0 Å². The van der Waals surface area contributed by atoms with Crippen molar-refractivity contribution in [2.45, 2.75) is 18.7 Å². The lowest BCUT2D eigenvalue weighted by atomic mass is 10.1. The van der Waals surface area contributed by atoms with Gasteiger partial charge in [0.1, 0.15) is 6.10 Å². The van der Waals surface area contributed by atoms with Gasteiger partial charge in [-0.25, -0.2) is 0 Å². The Kier molecular flexibility index (Phi) is 4.95. The molecule has 2 atom stereocenters. The van der Waals surface area contributed by atoms with Crippen LogP contribution in [0.1, 0.15) is 5.56 Å². The molecule has 6 nitrogen and oxygen atoms in total. The van der Waals surface area contributed by atoms with Gasteiger partial charge in [0.25, 0.3) is 0 Å². The molecule has 2 aromatic heterocycles. The molecule has 0 spiro atoms. The number of rotatable bonds is 6. The number of benzene rings is 1. The van der Waals surface area contributed by atoms with E-state index in [9.17, 15) is 0 Å². The molecular formula is C20H22N4O2. The zero-order valence-corrected chi connectivity index (χ0v) is 14.7. The van der Waals surface area contributed by atoms with Gasteiger partial charge < -0.3 is 14.8 Å². The van der Waals surface area contributed by atoms with Gasteiger partial charge in [0, 0.05) is 25.4 Å². The zero-order valence-electron chi connectivity index (χ0n) is 14.7. The minimum absolute atomic E-state index is 0.0156. The van der Waals surface area contributed by atoms with E-state index >= 15 is 0 Å². The number of aryl methyl sites for hydroxylation is 1. The molecule has 1 saturated heterocycles. The van der Waals surface area contributed by atoms with E-state index in [0.717, 1.165) is 23.6 Å². The summed E-state index contributed by atoms with van der Waals surface area (Å²) in [5, 5.41) is 7.70. The smallest absolute Gasteiger partial charge is 0.157 e. The van der Waals surface area contributed by atoms with Crippen LogP contribution in [0, 0.1) is 0 Å². The van der Waals surface area contributed by atoms with E-state index in [-0.39, 0.29) is 12.1 Å². The third kappa shape index (κ3) is 3.92. The van der Waals surface area contributed by atoms with E-state index < -0.39 is 0 Å². The Labute approximate surface area is 152 Å². The monoisotopic (exact) mass is 350 g/mol. The molecule has 0 aliphatic carbocycles. The maximum atomic E-state index is 6.01. The summed E-state index contributed by atoms with van der Waals surface area (Å²) in [6.07, 6.45) is 5.40. The first kappa shape index (κ1) is 16.8. The molecule has 0 bridgehead atoms. The third-order valence-corrected chi connectivity index (χ3v) is 4.45. The van der Waals surface area contributed by atoms with Crippen molar-refractivity contribution < 1.29 is 9.47 Å². The minimum atomic E-state index is -0.0156. The fraction of sp³-hybridized carbons (Fsp3) is 0.300. The molecule has 0 saturated carbocycles. The first-order valence-electron chi connectivity index (χ1n) is 8.75. The third-order valence-electron chi connectivity index (χ3n) is 4.45. The lowest BCUT2D eigenvalue weighted by Gasteiger charge is -2.20. The van der Waals surface area contributed by atoms with Crippen LogP contribution in [0.3, 0.4) is 0 Å². The number of nitrogens with one attached hydrogen (secondary N) is 1. The van der Waals surface area contributed by atoms with Gasteiger partial charge in [-0.3, -0.25) is 9.67 Å². The van der Waals surface area contributed by atoms with E-state index in [4.69, 9.17) is 9.47 Å². The number of nitrogens with zero attached hydrogens (tertiary/aromatic N) is 3. The number of hydrogen-bond donors (Lipinski definition) is 1. The summed E-state index contributed by atoms with van der Waals surface area (Å²) in [5.41, 5.74) is 3.31. The second-order valence-electron chi connectivity index (χ2n) is 6.45. The van der Waals surface area contributed by atoms with Crippen LogP contribution in [0.4, 0.5) is 0 Å². The van der Waals surface area contributed by atoms with Crippen LogP contribution < -0.4 is 10.1 Å². The molecule has 4 rings (SSSR count). The van der Waals surface area contributed by atoms with Crippen LogP contribution in [-0.2, 0) is 18.3 Å². The standard InChI is InChI=1S/C20H22N4O2/c1-24-12-17(11-23-24)26-20-14-25-13-19(20)22-10-15-5-4-6-16(9-15)18-7-2-3-8-21-18/h2-9,11-12,19-20,22H,10,13-14H2,1H3/t19-,20+/m0/s1. The Balaban J connectivity index is 1.39. The van der Waals surface area contributed by atoms with E-state index in [0.29, 0.717) is 13.2 Å². The van der Waals surface area contributed by atoms with Gasteiger partial charge in [-0.15, -0.1) is 0 Å². The SMILES string of the molecule is Cn1cc(O[C@@H]2COC[C@@H]2NCc2cccc(-c3ccccn3)c2)cn1. The first-order valence-corrected chi connectivity index (χ1v) is 8.75. The Bertz CT molecular complexity index is 850. The predicted molar refractivity (Wildman–Crippen MR) is 98.7 cm³/mol. The van der Waals surface area contributed by atoms with Crippen molar-refractivity contribution in [3.63, 3.8) is 0 Å². The maximum Gasteiger partial charge on any atom is 0.157 e. The van der Waals surface area contributed by atoms with Crippen molar-refractivity contribution in [1.29, 1.82) is 0 Å². The molecule has 1 fully saturated rings. The van der Waals surface area contributed by atoms with Crippen molar-refractivity contribution in [3.8, 4) is 17.0 Å². The Hall–Kier alpha value is -2.70. The number of hydrogen-bond acceptors (Lipinski definition) is 5. The van der Waals surface area contributed by atoms with Crippen LogP contribution in [0.5, 0.6) is 5.75 Å². The van der Waals surface area contributed by atoms with Crippen LogP contribution >= 0.6 is 0 Å². The molecule has 1 aliphatic rings. The normalized spacial score (nSPS) is 19.6. The molecular weight excluding hydrogens is 328 g/mol. The average molecular weight is 350 g/mol. The van der Waals surface area contributed by atoms with Gasteiger partial charge in [0.05, 0.1) is 37.3 Å². The summed E-state index contributed by atoms with van der Waals surface area (Å²) in [4.78, 5) is 4.42. The maximum absolute atomic E-state index is 6.01. The molecule has 0 radical (unpaired) electrons. The molecule has 1 N–H and O–H groups in total. The average Bonchev–Trinajstić information content (AvgIpc) is 3.30. The topological polar surface area (TPSA) is 61.2 Å². The number of pyridine rings is 1. The van der Waals surface area contributed by atoms with E-state index in [2.05, 4.69) is 39.7 Å². The lowest BCUT2D eigenvalue weighted by molar-refractivity contribution is 0.139. The van der Waals surface area contributed by atoms with Crippen LogP contribution in [-0.4, -0.2) is 40.1 Å². The van der Waals surface area contributed by atoms with E-state index in [1.165, 1.54) is 5.56 Å². The van der Waals surface area contributed by atoms with Gasteiger partial charge in [-0.1, -0.05) is 24.3 Å². The summed E-state index contributed by atoms with van der Waals surface area (Å²) in [7, 11) is 1.88. The second-order valence-corrected chi connectivity index (χ2v) is 6.45. The Morgan fingerprint density at radius 3 is 3.00 bits per heavy atom. The van der Waals surface area contributed by atoms with Crippen molar-refractivity contribution in [2.24, 2.45) is 7.05 Å².